The van der Waals surface area contributed by atoms with Crippen LogP contribution in [-0.2, 0) is 6.54 Å². The van der Waals surface area contributed by atoms with Gasteiger partial charge in [0.25, 0.3) is 0 Å². The summed E-state index contributed by atoms with van der Waals surface area (Å²) < 4.78 is 0. The Kier molecular flexibility index (Phi) is 4.35. The van der Waals surface area contributed by atoms with Crippen LogP contribution in [0.3, 0.4) is 0 Å². The first-order chi connectivity index (χ1) is 11.0. The molecule has 1 aromatic carbocycles. The Labute approximate surface area is 136 Å². The molecule has 23 heavy (non-hydrogen) atoms. The number of fused-ring (bicyclic) bond motifs is 1. The fraction of sp³-hybridized carbons (Fsp3) is 0.474. The first-order valence-corrected chi connectivity index (χ1v) is 8.45. The molecule has 0 saturated carbocycles. The van der Waals surface area contributed by atoms with Crippen molar-refractivity contribution in [3.8, 4) is 0 Å². The predicted octanol–water partition coefficient (Wildman–Crippen LogP) is 1.85. The van der Waals surface area contributed by atoms with Crippen molar-refractivity contribution in [2.45, 2.75) is 40.2 Å². The zero-order valence-electron chi connectivity index (χ0n) is 14.2. The first-order valence-electron chi connectivity index (χ1n) is 8.45. The second-order valence-corrected chi connectivity index (χ2v) is 7.00. The first kappa shape index (κ1) is 15.9. The lowest BCUT2D eigenvalue weighted by Crippen LogP contribution is -3.12. The second-order valence-electron chi connectivity index (χ2n) is 7.00. The van der Waals surface area contributed by atoms with E-state index in [1.165, 1.54) is 24.7 Å². The highest BCUT2D eigenvalue weighted by molar-refractivity contribution is 5.97. The molecule has 0 bridgehead atoms. The molecular formula is C19H25N2O2+. The van der Waals surface area contributed by atoms with Gasteiger partial charge < -0.3 is 9.88 Å². The number of piperidine rings is 1. The van der Waals surface area contributed by atoms with E-state index < -0.39 is 0 Å². The van der Waals surface area contributed by atoms with Crippen LogP contribution in [0.2, 0.25) is 0 Å². The van der Waals surface area contributed by atoms with Crippen molar-refractivity contribution in [1.29, 1.82) is 0 Å². The van der Waals surface area contributed by atoms with Crippen LogP contribution in [-0.4, -0.2) is 23.9 Å². The molecule has 1 saturated heterocycles. The van der Waals surface area contributed by atoms with Gasteiger partial charge in [-0.25, -0.2) is 0 Å². The summed E-state index contributed by atoms with van der Waals surface area (Å²) in [6.45, 7) is 8.83. The van der Waals surface area contributed by atoms with Gasteiger partial charge in [0.2, 0.25) is 0 Å². The van der Waals surface area contributed by atoms with E-state index in [9.17, 15) is 9.59 Å². The molecule has 4 heteroatoms. The van der Waals surface area contributed by atoms with E-state index >= 15 is 0 Å². The van der Waals surface area contributed by atoms with Gasteiger partial charge in [-0.2, -0.15) is 0 Å². The lowest BCUT2D eigenvalue weighted by molar-refractivity contribution is -0.922. The van der Waals surface area contributed by atoms with E-state index in [1.807, 2.05) is 13.0 Å². The lowest BCUT2D eigenvalue weighted by atomic mass is 9.99. The summed E-state index contributed by atoms with van der Waals surface area (Å²) in [6, 6.07) is 5.34. The van der Waals surface area contributed by atoms with Crippen LogP contribution >= 0.6 is 0 Å². The number of H-pyrrole nitrogens is 1. The van der Waals surface area contributed by atoms with Crippen LogP contribution in [0.25, 0.3) is 10.9 Å². The summed E-state index contributed by atoms with van der Waals surface area (Å²) in [5.41, 5.74) is 3.29. The molecule has 1 aliphatic heterocycles. The molecule has 1 fully saturated rings. The number of carbonyl (C=O) groups is 1. The number of aryl methyl sites for hydroxylation is 1. The Balaban J connectivity index is 2.02. The number of carbonyl (C=O) groups excluding carboxylic acids is 1. The van der Waals surface area contributed by atoms with Crippen LogP contribution in [0.5, 0.6) is 0 Å². The number of hydrogen-bond donors (Lipinski definition) is 2. The molecule has 3 rings (SSSR count). The number of Topliss-reactive ketones (excluding diaryl/α,β-unsaturated/α-hetero) is 1. The summed E-state index contributed by atoms with van der Waals surface area (Å²) in [5.74, 6) is 0.715. The molecule has 2 N–H and O–H groups in total. The second kappa shape index (κ2) is 6.28. The highest BCUT2D eigenvalue weighted by Gasteiger charge is 2.22. The van der Waals surface area contributed by atoms with Crippen molar-refractivity contribution < 1.29 is 9.69 Å². The third kappa shape index (κ3) is 3.22. The standard InChI is InChI=1S/C19H24N2O2/c1-12-5-4-8-21(10-12)11-17-13(2)20-18-7-6-15(14(3)22)9-16(18)19(17)23/h6-7,9,12H,4-5,8,10-11H2,1-3H3,(H,20,23)/p+1/t12-/m1/s1. The Hall–Kier alpha value is -1.94. The highest BCUT2D eigenvalue weighted by atomic mass is 16.1. The largest absolute Gasteiger partial charge is 0.358 e. The SMILES string of the molecule is CC(=O)c1ccc2[nH]c(C)c(C[NH+]3CCC[C@@H](C)C3)c(=O)c2c1. The zero-order chi connectivity index (χ0) is 16.6. The number of hydrogen-bond acceptors (Lipinski definition) is 2. The van der Waals surface area contributed by atoms with Gasteiger partial charge in [-0.15, -0.1) is 0 Å². The number of likely N-dealkylation sites (tertiary alicyclic amines) is 1. The van der Waals surface area contributed by atoms with Crippen molar-refractivity contribution in [2.24, 2.45) is 5.92 Å². The number of nitrogens with one attached hydrogen (secondary N) is 2. The average Bonchev–Trinajstić information content (AvgIpc) is 2.51. The predicted molar refractivity (Wildman–Crippen MR) is 92.1 cm³/mol. The normalized spacial score (nSPS) is 21.5. The molecule has 4 nitrogen and oxygen atoms in total. The van der Waals surface area contributed by atoms with Crippen molar-refractivity contribution in [3.05, 3.63) is 45.2 Å². The van der Waals surface area contributed by atoms with Crippen molar-refractivity contribution in [3.63, 3.8) is 0 Å². The Morgan fingerprint density at radius 1 is 1.39 bits per heavy atom. The fourth-order valence-electron chi connectivity index (χ4n) is 3.69. The van der Waals surface area contributed by atoms with Gasteiger partial charge in [-0.3, -0.25) is 9.59 Å². The van der Waals surface area contributed by atoms with Crippen LogP contribution in [0.1, 0.15) is 48.3 Å². The molecule has 0 radical (unpaired) electrons. The number of pyridine rings is 1. The molecule has 2 aromatic rings. The molecule has 122 valence electrons. The summed E-state index contributed by atoms with van der Waals surface area (Å²) in [7, 11) is 0. The van der Waals surface area contributed by atoms with Crippen LogP contribution in [0, 0.1) is 12.8 Å². The van der Waals surface area contributed by atoms with Gasteiger partial charge >= 0.3 is 0 Å². The van der Waals surface area contributed by atoms with E-state index in [-0.39, 0.29) is 11.2 Å². The summed E-state index contributed by atoms with van der Waals surface area (Å²) in [6.07, 6.45) is 2.52. The molecule has 1 unspecified atom stereocenters. The van der Waals surface area contributed by atoms with Gasteiger partial charge in [0.1, 0.15) is 6.54 Å². The van der Waals surface area contributed by atoms with Crippen molar-refractivity contribution in [2.75, 3.05) is 13.1 Å². The van der Waals surface area contributed by atoms with E-state index in [0.717, 1.165) is 42.3 Å². The van der Waals surface area contributed by atoms with Crippen LogP contribution < -0.4 is 10.3 Å². The maximum Gasteiger partial charge on any atom is 0.198 e. The van der Waals surface area contributed by atoms with E-state index in [2.05, 4.69) is 11.9 Å². The number of aromatic nitrogens is 1. The maximum absolute atomic E-state index is 12.9. The monoisotopic (exact) mass is 313 g/mol. The summed E-state index contributed by atoms with van der Waals surface area (Å²) in [5, 5.41) is 0.628. The molecule has 2 heterocycles. The maximum atomic E-state index is 12.9. The molecule has 0 spiro atoms. The fourth-order valence-corrected chi connectivity index (χ4v) is 3.69. The molecule has 0 aliphatic carbocycles. The van der Waals surface area contributed by atoms with Gasteiger partial charge in [-0.1, -0.05) is 6.92 Å². The van der Waals surface area contributed by atoms with Crippen LogP contribution in [0.15, 0.2) is 23.0 Å². The highest BCUT2D eigenvalue weighted by Crippen LogP contribution is 2.14. The van der Waals surface area contributed by atoms with Gasteiger partial charge in [-0.05, 0) is 44.9 Å². The Morgan fingerprint density at radius 2 is 2.17 bits per heavy atom. The zero-order valence-corrected chi connectivity index (χ0v) is 14.2. The van der Waals surface area contributed by atoms with E-state index in [0.29, 0.717) is 10.9 Å². The van der Waals surface area contributed by atoms with Crippen LogP contribution in [0.4, 0.5) is 0 Å². The Morgan fingerprint density at radius 3 is 2.87 bits per heavy atom. The number of quaternary nitrogens is 1. The quantitative estimate of drug-likeness (QED) is 0.850. The molecule has 1 aromatic heterocycles. The third-order valence-corrected chi connectivity index (χ3v) is 5.01. The number of ketones is 1. The minimum atomic E-state index is -0.0103. The minimum absolute atomic E-state index is 0.0103. The molecule has 2 atom stereocenters. The Bertz CT molecular complexity index is 807. The summed E-state index contributed by atoms with van der Waals surface area (Å²) in [4.78, 5) is 29.4. The molecular weight excluding hydrogens is 288 g/mol. The molecule has 0 amide bonds. The van der Waals surface area contributed by atoms with E-state index in [4.69, 9.17) is 0 Å². The average molecular weight is 313 g/mol. The van der Waals surface area contributed by atoms with E-state index in [1.54, 1.807) is 12.1 Å². The lowest BCUT2D eigenvalue weighted by Gasteiger charge is -2.28. The molecule has 1 aliphatic rings. The van der Waals surface area contributed by atoms with Gasteiger partial charge in [0.15, 0.2) is 11.2 Å². The topological polar surface area (TPSA) is 54.4 Å². The number of rotatable bonds is 3. The smallest absolute Gasteiger partial charge is 0.198 e. The van der Waals surface area contributed by atoms with Crippen molar-refractivity contribution in [1.82, 2.24) is 4.98 Å². The number of aromatic amines is 1. The summed E-state index contributed by atoms with van der Waals surface area (Å²) >= 11 is 0. The minimum Gasteiger partial charge on any atom is -0.358 e. The van der Waals surface area contributed by atoms with Crippen molar-refractivity contribution >= 4 is 16.7 Å². The van der Waals surface area contributed by atoms with Gasteiger partial charge in [0, 0.05) is 28.1 Å². The number of benzene rings is 1. The van der Waals surface area contributed by atoms with Gasteiger partial charge in [0.05, 0.1) is 18.7 Å². The third-order valence-electron chi connectivity index (χ3n) is 5.01.